The molecule has 31 heavy (non-hydrogen) atoms. The zero-order valence-electron chi connectivity index (χ0n) is 17.4. The second kappa shape index (κ2) is 8.31. The lowest BCUT2D eigenvalue weighted by Crippen LogP contribution is -2.06. The largest absolute Gasteiger partial charge is 0.497 e. The molecule has 0 saturated carbocycles. The molecular formula is C24H22N4O3. The quantitative estimate of drug-likeness (QED) is 0.397. The Bertz CT molecular complexity index is 1230. The molecular weight excluding hydrogens is 392 g/mol. The third-order valence-corrected chi connectivity index (χ3v) is 4.78. The highest BCUT2D eigenvalue weighted by Crippen LogP contribution is 2.35. The van der Waals surface area contributed by atoms with Crippen molar-refractivity contribution >= 4 is 56.4 Å². The van der Waals surface area contributed by atoms with Crippen molar-refractivity contribution in [2.24, 2.45) is 0 Å². The number of pyridine rings is 1. The van der Waals surface area contributed by atoms with Crippen LogP contribution >= 0.6 is 0 Å². The number of rotatable bonds is 5. The van der Waals surface area contributed by atoms with Gasteiger partial charge in [-0.3, -0.25) is 9.59 Å². The number of carbonyl (C=O) groups excluding carboxylic acids is 2. The minimum absolute atomic E-state index is 0.148. The molecule has 156 valence electrons. The third kappa shape index (κ3) is 4.40. The Morgan fingerprint density at radius 2 is 1.23 bits per heavy atom. The maximum atomic E-state index is 11.5. The molecule has 0 saturated heterocycles. The van der Waals surface area contributed by atoms with Gasteiger partial charge in [0.1, 0.15) is 5.75 Å². The number of amides is 2. The molecule has 0 fully saturated rings. The Morgan fingerprint density at radius 1 is 0.742 bits per heavy atom. The second-order valence-corrected chi connectivity index (χ2v) is 7.17. The highest BCUT2D eigenvalue weighted by atomic mass is 16.5. The van der Waals surface area contributed by atoms with Gasteiger partial charge in [0, 0.05) is 41.7 Å². The number of hydrogen-bond acceptors (Lipinski definition) is 5. The number of anilines is 4. The zero-order chi connectivity index (χ0) is 22.0. The van der Waals surface area contributed by atoms with E-state index < -0.39 is 0 Å². The monoisotopic (exact) mass is 414 g/mol. The average Bonchev–Trinajstić information content (AvgIpc) is 2.73. The van der Waals surface area contributed by atoms with Crippen LogP contribution in [0.4, 0.5) is 22.7 Å². The van der Waals surface area contributed by atoms with Crippen LogP contribution in [0, 0.1) is 0 Å². The van der Waals surface area contributed by atoms with Crippen molar-refractivity contribution < 1.29 is 14.3 Å². The number of ether oxygens (including phenoxy) is 1. The molecule has 0 aliphatic heterocycles. The molecule has 0 aliphatic rings. The van der Waals surface area contributed by atoms with E-state index in [2.05, 4.69) is 16.0 Å². The first-order valence-corrected chi connectivity index (χ1v) is 9.77. The van der Waals surface area contributed by atoms with Crippen molar-refractivity contribution in [3.05, 3.63) is 60.7 Å². The van der Waals surface area contributed by atoms with Crippen LogP contribution in [-0.2, 0) is 9.59 Å². The number of carbonyl (C=O) groups is 2. The van der Waals surface area contributed by atoms with Gasteiger partial charge in [-0.05, 0) is 60.7 Å². The Morgan fingerprint density at radius 3 is 1.68 bits per heavy atom. The van der Waals surface area contributed by atoms with Crippen LogP contribution in [0.2, 0.25) is 0 Å². The Labute approximate surface area is 179 Å². The van der Waals surface area contributed by atoms with Gasteiger partial charge in [0.2, 0.25) is 11.8 Å². The molecule has 3 aromatic carbocycles. The Hall–Kier alpha value is -4.13. The minimum atomic E-state index is -0.148. The predicted molar refractivity (Wildman–Crippen MR) is 124 cm³/mol. The number of nitrogens with one attached hydrogen (secondary N) is 3. The van der Waals surface area contributed by atoms with E-state index in [9.17, 15) is 9.59 Å². The number of hydrogen-bond donors (Lipinski definition) is 3. The summed E-state index contributed by atoms with van der Waals surface area (Å²) in [5.41, 5.74) is 4.55. The SMILES string of the molecule is COc1ccc(Nc2c3ccc(NC(C)=O)cc3nc3cc(NC(C)=O)ccc23)cc1. The van der Waals surface area contributed by atoms with E-state index in [4.69, 9.17) is 9.72 Å². The first-order chi connectivity index (χ1) is 14.9. The van der Waals surface area contributed by atoms with E-state index in [0.717, 1.165) is 38.9 Å². The van der Waals surface area contributed by atoms with Gasteiger partial charge >= 0.3 is 0 Å². The highest BCUT2D eigenvalue weighted by Gasteiger charge is 2.12. The molecule has 3 N–H and O–H groups in total. The van der Waals surface area contributed by atoms with Crippen LogP contribution in [0.1, 0.15) is 13.8 Å². The summed E-state index contributed by atoms with van der Waals surface area (Å²) in [6.07, 6.45) is 0. The number of fused-ring (bicyclic) bond motifs is 2. The van der Waals surface area contributed by atoms with Crippen LogP contribution in [0.25, 0.3) is 21.8 Å². The summed E-state index contributed by atoms with van der Waals surface area (Å²) in [6, 6.07) is 18.9. The van der Waals surface area contributed by atoms with Gasteiger partial charge in [-0.1, -0.05) is 0 Å². The number of aromatic nitrogens is 1. The van der Waals surface area contributed by atoms with Gasteiger partial charge in [0.05, 0.1) is 23.8 Å². The fourth-order valence-electron chi connectivity index (χ4n) is 3.46. The molecule has 4 rings (SSSR count). The summed E-state index contributed by atoms with van der Waals surface area (Å²) in [4.78, 5) is 27.7. The lowest BCUT2D eigenvalue weighted by Gasteiger charge is -2.15. The van der Waals surface area contributed by atoms with E-state index in [-0.39, 0.29) is 11.8 Å². The van der Waals surface area contributed by atoms with Crippen LogP contribution < -0.4 is 20.7 Å². The van der Waals surface area contributed by atoms with E-state index in [0.29, 0.717) is 11.4 Å². The maximum Gasteiger partial charge on any atom is 0.221 e. The highest BCUT2D eigenvalue weighted by molar-refractivity contribution is 6.10. The molecule has 0 unspecified atom stereocenters. The van der Waals surface area contributed by atoms with Crippen LogP contribution in [-0.4, -0.2) is 23.9 Å². The Kier molecular flexibility index (Phi) is 5.41. The standard InChI is InChI=1S/C24H22N4O3/c1-14(29)25-17-6-10-20-22(12-17)28-23-13-18(26-15(2)30)7-11-21(23)24(20)27-16-4-8-19(31-3)9-5-16/h4-13H,1-3H3,(H,25,29)(H,26,30)(H,27,28). The third-order valence-electron chi connectivity index (χ3n) is 4.78. The van der Waals surface area contributed by atoms with Gasteiger partial charge in [0.15, 0.2) is 0 Å². The van der Waals surface area contributed by atoms with Gasteiger partial charge in [-0.2, -0.15) is 0 Å². The van der Waals surface area contributed by atoms with E-state index in [1.807, 2.05) is 60.7 Å². The molecule has 1 aromatic heterocycles. The molecule has 7 nitrogen and oxygen atoms in total. The van der Waals surface area contributed by atoms with Crippen LogP contribution in [0.15, 0.2) is 60.7 Å². The molecule has 0 bridgehead atoms. The fraction of sp³-hybridized carbons (Fsp3) is 0.125. The maximum absolute atomic E-state index is 11.5. The van der Waals surface area contributed by atoms with E-state index >= 15 is 0 Å². The van der Waals surface area contributed by atoms with Crippen molar-refractivity contribution in [1.82, 2.24) is 4.98 Å². The number of benzene rings is 3. The summed E-state index contributed by atoms with van der Waals surface area (Å²) >= 11 is 0. The van der Waals surface area contributed by atoms with Crippen molar-refractivity contribution in [1.29, 1.82) is 0 Å². The van der Waals surface area contributed by atoms with Crippen molar-refractivity contribution in [2.45, 2.75) is 13.8 Å². The molecule has 0 aliphatic carbocycles. The van der Waals surface area contributed by atoms with Gasteiger partial charge in [-0.25, -0.2) is 4.98 Å². The topological polar surface area (TPSA) is 92.3 Å². The molecule has 4 aromatic rings. The van der Waals surface area contributed by atoms with Crippen molar-refractivity contribution in [3.63, 3.8) is 0 Å². The molecule has 1 heterocycles. The lowest BCUT2D eigenvalue weighted by molar-refractivity contribution is -0.115. The molecule has 0 spiro atoms. The van der Waals surface area contributed by atoms with Crippen LogP contribution in [0.5, 0.6) is 5.75 Å². The summed E-state index contributed by atoms with van der Waals surface area (Å²) in [5, 5.41) is 10.9. The van der Waals surface area contributed by atoms with Gasteiger partial charge < -0.3 is 20.7 Å². The zero-order valence-corrected chi connectivity index (χ0v) is 17.4. The summed E-state index contributed by atoms with van der Waals surface area (Å²) in [5.74, 6) is 0.476. The smallest absolute Gasteiger partial charge is 0.221 e. The van der Waals surface area contributed by atoms with Gasteiger partial charge in [0.25, 0.3) is 0 Å². The van der Waals surface area contributed by atoms with Crippen molar-refractivity contribution in [2.75, 3.05) is 23.1 Å². The first kappa shape index (κ1) is 20.2. The number of nitrogens with zero attached hydrogens (tertiary/aromatic N) is 1. The Balaban J connectivity index is 1.89. The van der Waals surface area contributed by atoms with Crippen molar-refractivity contribution in [3.8, 4) is 5.75 Å². The normalized spacial score (nSPS) is 10.7. The minimum Gasteiger partial charge on any atom is -0.497 e. The molecule has 0 radical (unpaired) electrons. The second-order valence-electron chi connectivity index (χ2n) is 7.17. The summed E-state index contributed by atoms with van der Waals surface area (Å²) < 4.78 is 5.24. The van der Waals surface area contributed by atoms with Crippen LogP contribution in [0.3, 0.4) is 0 Å². The summed E-state index contributed by atoms with van der Waals surface area (Å²) in [7, 11) is 1.63. The molecule has 2 amide bonds. The predicted octanol–water partition coefficient (Wildman–Crippen LogP) is 5.06. The number of methoxy groups -OCH3 is 1. The fourth-order valence-corrected chi connectivity index (χ4v) is 3.46. The molecule has 7 heteroatoms. The van der Waals surface area contributed by atoms with E-state index in [1.54, 1.807) is 7.11 Å². The van der Waals surface area contributed by atoms with Gasteiger partial charge in [-0.15, -0.1) is 0 Å². The lowest BCUT2D eigenvalue weighted by atomic mass is 10.1. The molecule has 0 atom stereocenters. The first-order valence-electron chi connectivity index (χ1n) is 9.77. The average molecular weight is 414 g/mol. The van der Waals surface area contributed by atoms with E-state index in [1.165, 1.54) is 13.8 Å². The summed E-state index contributed by atoms with van der Waals surface area (Å²) in [6.45, 7) is 2.93.